The first kappa shape index (κ1) is 13.1. The highest BCUT2D eigenvalue weighted by Gasteiger charge is 2.17. The van der Waals surface area contributed by atoms with Crippen molar-refractivity contribution in [2.75, 3.05) is 13.2 Å². The molecule has 0 radical (unpaired) electrons. The Bertz CT molecular complexity index is 281. The normalized spacial score (nSPS) is 14.7. The largest absolute Gasteiger partial charge is 0.395 e. The van der Waals surface area contributed by atoms with Crippen molar-refractivity contribution in [3.8, 4) is 0 Å². The molecule has 0 aromatic heterocycles. The molecule has 1 aromatic rings. The number of hydroxylamine groups is 1. The molecule has 0 fully saturated rings. The van der Waals surface area contributed by atoms with Gasteiger partial charge in [0.2, 0.25) is 0 Å². The van der Waals surface area contributed by atoms with Gasteiger partial charge < -0.3 is 15.3 Å². The molecular formula is C11H17NO4. The maximum atomic E-state index is 9.26. The molecule has 0 unspecified atom stereocenters. The van der Waals surface area contributed by atoms with Gasteiger partial charge in [0.25, 0.3) is 0 Å². The third-order valence-corrected chi connectivity index (χ3v) is 2.16. The highest BCUT2D eigenvalue weighted by molar-refractivity contribution is 5.13. The molecular weight excluding hydrogens is 210 g/mol. The van der Waals surface area contributed by atoms with Crippen LogP contribution in [0.1, 0.15) is 5.56 Å². The molecule has 0 aliphatic heterocycles. The van der Waals surface area contributed by atoms with Crippen LogP contribution in [0.2, 0.25) is 0 Å². The van der Waals surface area contributed by atoms with Gasteiger partial charge in [-0.2, -0.15) is 5.48 Å². The molecule has 0 aliphatic rings. The van der Waals surface area contributed by atoms with Crippen LogP contribution in [0.25, 0.3) is 0 Å². The summed E-state index contributed by atoms with van der Waals surface area (Å²) in [6.07, 6.45) is -1.04. The summed E-state index contributed by atoms with van der Waals surface area (Å²) in [5.41, 5.74) is 3.49. The summed E-state index contributed by atoms with van der Waals surface area (Å²) >= 11 is 0. The molecule has 5 nitrogen and oxygen atoms in total. The van der Waals surface area contributed by atoms with E-state index in [2.05, 4.69) is 5.48 Å². The maximum absolute atomic E-state index is 9.26. The molecule has 0 bridgehead atoms. The minimum Gasteiger partial charge on any atom is -0.395 e. The molecule has 0 saturated heterocycles. The first-order valence-electron chi connectivity index (χ1n) is 5.09. The van der Waals surface area contributed by atoms with Gasteiger partial charge in [0.15, 0.2) is 0 Å². The highest BCUT2D eigenvalue weighted by Crippen LogP contribution is 2.00. The van der Waals surface area contributed by atoms with Crippen molar-refractivity contribution in [1.82, 2.24) is 5.48 Å². The second kappa shape index (κ2) is 7.32. The third-order valence-electron chi connectivity index (χ3n) is 2.16. The van der Waals surface area contributed by atoms with Gasteiger partial charge in [-0.1, -0.05) is 30.3 Å². The molecule has 1 aromatic carbocycles. The Kier molecular flexibility index (Phi) is 5.99. The van der Waals surface area contributed by atoms with Crippen molar-refractivity contribution in [2.45, 2.75) is 18.8 Å². The Morgan fingerprint density at radius 1 is 1.12 bits per heavy atom. The molecule has 90 valence electrons. The summed E-state index contributed by atoms with van der Waals surface area (Å²) in [4.78, 5) is 5.11. The quantitative estimate of drug-likeness (QED) is 0.469. The SMILES string of the molecule is OC[C@H](NOCc1ccccc1)[C@@H](O)CO. The van der Waals surface area contributed by atoms with E-state index >= 15 is 0 Å². The van der Waals surface area contributed by atoms with Gasteiger partial charge in [-0.25, -0.2) is 0 Å². The summed E-state index contributed by atoms with van der Waals surface area (Å²) < 4.78 is 0. The van der Waals surface area contributed by atoms with Crippen molar-refractivity contribution < 1.29 is 20.2 Å². The number of hydrogen-bond acceptors (Lipinski definition) is 5. The summed E-state index contributed by atoms with van der Waals surface area (Å²) in [5.74, 6) is 0. The molecule has 1 rings (SSSR count). The Labute approximate surface area is 94.3 Å². The van der Waals surface area contributed by atoms with Crippen LogP contribution in [0.3, 0.4) is 0 Å². The van der Waals surface area contributed by atoms with E-state index in [1.54, 1.807) is 0 Å². The third kappa shape index (κ3) is 4.26. The molecule has 2 atom stereocenters. The van der Waals surface area contributed by atoms with Crippen LogP contribution in [-0.2, 0) is 11.4 Å². The van der Waals surface area contributed by atoms with E-state index in [0.717, 1.165) is 5.56 Å². The number of nitrogens with one attached hydrogen (secondary N) is 1. The molecule has 0 saturated carbocycles. The molecule has 16 heavy (non-hydrogen) atoms. The van der Waals surface area contributed by atoms with Crippen LogP contribution < -0.4 is 5.48 Å². The van der Waals surface area contributed by atoms with Crippen molar-refractivity contribution in [1.29, 1.82) is 0 Å². The van der Waals surface area contributed by atoms with Crippen molar-refractivity contribution in [3.05, 3.63) is 35.9 Å². The van der Waals surface area contributed by atoms with Crippen LogP contribution in [0.4, 0.5) is 0 Å². The lowest BCUT2D eigenvalue weighted by Gasteiger charge is -2.19. The van der Waals surface area contributed by atoms with E-state index < -0.39 is 18.8 Å². The van der Waals surface area contributed by atoms with Gasteiger partial charge in [-0.3, -0.25) is 4.84 Å². The van der Waals surface area contributed by atoms with E-state index in [9.17, 15) is 5.11 Å². The predicted molar refractivity (Wildman–Crippen MR) is 58.3 cm³/mol. The Hall–Kier alpha value is -0.980. The first-order valence-corrected chi connectivity index (χ1v) is 5.09. The van der Waals surface area contributed by atoms with E-state index in [-0.39, 0.29) is 6.61 Å². The number of aliphatic hydroxyl groups excluding tert-OH is 3. The van der Waals surface area contributed by atoms with E-state index in [1.807, 2.05) is 30.3 Å². The smallest absolute Gasteiger partial charge is 0.0968 e. The van der Waals surface area contributed by atoms with Crippen LogP contribution in [0, 0.1) is 0 Å². The Morgan fingerprint density at radius 3 is 2.38 bits per heavy atom. The molecule has 0 amide bonds. The summed E-state index contributed by atoms with van der Waals surface area (Å²) in [6, 6.07) is 8.81. The minimum absolute atomic E-state index is 0.309. The fourth-order valence-corrected chi connectivity index (χ4v) is 1.17. The van der Waals surface area contributed by atoms with Gasteiger partial charge in [-0.05, 0) is 5.56 Å². The van der Waals surface area contributed by atoms with Crippen LogP contribution >= 0.6 is 0 Å². The highest BCUT2D eigenvalue weighted by atomic mass is 16.6. The molecule has 4 N–H and O–H groups in total. The predicted octanol–water partition coefficient (Wildman–Crippen LogP) is -0.578. The molecule has 5 heteroatoms. The minimum atomic E-state index is -1.04. The zero-order chi connectivity index (χ0) is 11.8. The average molecular weight is 227 g/mol. The topological polar surface area (TPSA) is 82.0 Å². The average Bonchev–Trinajstić information content (AvgIpc) is 2.35. The number of rotatable bonds is 7. The fraction of sp³-hybridized carbons (Fsp3) is 0.455. The maximum Gasteiger partial charge on any atom is 0.0968 e. The van der Waals surface area contributed by atoms with Crippen LogP contribution in [-0.4, -0.2) is 40.7 Å². The van der Waals surface area contributed by atoms with Crippen molar-refractivity contribution in [2.24, 2.45) is 0 Å². The first-order chi connectivity index (χ1) is 7.77. The lowest BCUT2D eigenvalue weighted by atomic mass is 10.2. The molecule has 0 heterocycles. The van der Waals surface area contributed by atoms with E-state index in [0.29, 0.717) is 6.61 Å². The second-order valence-corrected chi connectivity index (χ2v) is 3.43. The molecule has 0 aliphatic carbocycles. The fourth-order valence-electron chi connectivity index (χ4n) is 1.17. The Morgan fingerprint density at radius 2 is 1.81 bits per heavy atom. The lowest BCUT2D eigenvalue weighted by molar-refractivity contribution is -0.0588. The Balaban J connectivity index is 2.28. The van der Waals surface area contributed by atoms with Crippen LogP contribution in [0.5, 0.6) is 0 Å². The standard InChI is InChI=1S/C11H17NO4/c13-6-10(11(15)7-14)12-16-8-9-4-2-1-3-5-9/h1-5,10-15H,6-8H2/t10-,11-/m0/s1. The zero-order valence-corrected chi connectivity index (χ0v) is 8.91. The van der Waals surface area contributed by atoms with Gasteiger partial charge in [0.05, 0.1) is 32.0 Å². The lowest BCUT2D eigenvalue weighted by Crippen LogP contribution is -2.44. The number of aliphatic hydroxyl groups is 3. The van der Waals surface area contributed by atoms with Crippen molar-refractivity contribution in [3.63, 3.8) is 0 Å². The van der Waals surface area contributed by atoms with Gasteiger partial charge in [0, 0.05) is 0 Å². The molecule has 0 spiro atoms. The summed E-state index contributed by atoms with van der Waals surface area (Å²) in [7, 11) is 0. The summed E-state index contributed by atoms with van der Waals surface area (Å²) in [5, 5.41) is 26.9. The summed E-state index contributed by atoms with van der Waals surface area (Å²) in [6.45, 7) is -0.404. The van der Waals surface area contributed by atoms with Crippen molar-refractivity contribution >= 4 is 0 Å². The van der Waals surface area contributed by atoms with E-state index in [1.165, 1.54) is 0 Å². The number of benzene rings is 1. The van der Waals surface area contributed by atoms with Gasteiger partial charge in [0.1, 0.15) is 0 Å². The second-order valence-electron chi connectivity index (χ2n) is 3.43. The van der Waals surface area contributed by atoms with Crippen LogP contribution in [0.15, 0.2) is 30.3 Å². The number of hydrogen-bond donors (Lipinski definition) is 4. The van der Waals surface area contributed by atoms with Gasteiger partial charge >= 0.3 is 0 Å². The monoisotopic (exact) mass is 227 g/mol. The van der Waals surface area contributed by atoms with Gasteiger partial charge in [-0.15, -0.1) is 0 Å². The van der Waals surface area contributed by atoms with E-state index in [4.69, 9.17) is 15.1 Å². The zero-order valence-electron chi connectivity index (χ0n) is 8.91.